The smallest absolute Gasteiger partial charge is 0.188 e. The van der Waals surface area contributed by atoms with Gasteiger partial charge in [-0.05, 0) is 41.8 Å². The van der Waals surface area contributed by atoms with E-state index in [1.807, 2.05) is 18.2 Å². The summed E-state index contributed by atoms with van der Waals surface area (Å²) in [5.74, 6) is 0. The molecule has 4 aromatic carbocycles. The van der Waals surface area contributed by atoms with Crippen molar-refractivity contribution in [3.05, 3.63) is 115 Å². The number of hydrogen-bond donors (Lipinski definition) is 2. The molecule has 0 bridgehead atoms. The monoisotopic (exact) mass is 504 g/mol. The quantitative estimate of drug-likeness (QED) is 0.218. The summed E-state index contributed by atoms with van der Waals surface area (Å²) in [7, 11) is 0. The van der Waals surface area contributed by atoms with Crippen LogP contribution in [-0.2, 0) is 6.42 Å². The number of benzene rings is 4. The molecule has 36 heavy (non-hydrogen) atoms. The summed E-state index contributed by atoms with van der Waals surface area (Å²) < 4.78 is 1.21. The lowest BCUT2D eigenvalue weighted by molar-refractivity contribution is 1.02. The zero-order valence-corrected chi connectivity index (χ0v) is 21.2. The molecule has 0 atom stereocenters. The lowest BCUT2D eigenvalue weighted by atomic mass is 10.1. The van der Waals surface area contributed by atoms with Gasteiger partial charge in [-0.3, -0.25) is 0 Å². The molecule has 6 heteroatoms. The zero-order valence-electron chi connectivity index (χ0n) is 19.5. The standard InChI is InChI=1S/C30H24N4S2/c1-3-9-22(10-4-1)27-28(23-11-5-2-6-12-23)36-30(34-27)32-24-17-15-21(16-18-24)19-20-31-29-33-25-13-7-8-14-26(25)35-29/h1-18H,19-20H2,(H,31,33)(H,32,34). The minimum absolute atomic E-state index is 0.847. The molecular weight excluding hydrogens is 480 g/mol. The van der Waals surface area contributed by atoms with Gasteiger partial charge in [0.15, 0.2) is 10.3 Å². The van der Waals surface area contributed by atoms with Gasteiger partial charge >= 0.3 is 0 Å². The van der Waals surface area contributed by atoms with Gasteiger partial charge < -0.3 is 10.6 Å². The fourth-order valence-electron chi connectivity index (χ4n) is 4.09. The number of hydrogen-bond acceptors (Lipinski definition) is 6. The normalized spacial score (nSPS) is 11.0. The van der Waals surface area contributed by atoms with Crippen molar-refractivity contribution in [1.29, 1.82) is 0 Å². The van der Waals surface area contributed by atoms with Crippen LogP contribution in [0.3, 0.4) is 0 Å². The topological polar surface area (TPSA) is 49.8 Å². The highest BCUT2D eigenvalue weighted by atomic mass is 32.1. The predicted molar refractivity (Wildman–Crippen MR) is 155 cm³/mol. The average Bonchev–Trinajstić information content (AvgIpc) is 3.55. The van der Waals surface area contributed by atoms with E-state index >= 15 is 0 Å². The fourth-order valence-corrected chi connectivity index (χ4v) is 5.99. The lowest BCUT2D eigenvalue weighted by Gasteiger charge is -2.06. The second-order valence-electron chi connectivity index (χ2n) is 8.41. The second-order valence-corrected chi connectivity index (χ2v) is 10.4. The highest BCUT2D eigenvalue weighted by Gasteiger charge is 2.15. The first-order valence-electron chi connectivity index (χ1n) is 11.9. The molecule has 0 aliphatic carbocycles. The predicted octanol–water partition coefficient (Wildman–Crippen LogP) is 8.49. The highest BCUT2D eigenvalue weighted by molar-refractivity contribution is 7.22. The SMILES string of the molecule is c1ccc(-c2nc(Nc3ccc(CCNc4nc5ccccc5s4)cc3)sc2-c2ccccc2)cc1. The molecule has 2 aromatic heterocycles. The average molecular weight is 505 g/mol. The molecule has 0 fully saturated rings. The Hall–Kier alpha value is -4.00. The van der Waals surface area contributed by atoms with Gasteiger partial charge in [0.05, 0.1) is 20.8 Å². The molecule has 0 radical (unpaired) electrons. The van der Waals surface area contributed by atoms with Crippen molar-refractivity contribution in [1.82, 2.24) is 9.97 Å². The summed E-state index contributed by atoms with van der Waals surface area (Å²) in [6.07, 6.45) is 0.934. The Morgan fingerprint density at radius 2 is 1.31 bits per heavy atom. The van der Waals surface area contributed by atoms with E-state index in [4.69, 9.17) is 4.98 Å². The van der Waals surface area contributed by atoms with Crippen molar-refractivity contribution in [2.45, 2.75) is 6.42 Å². The van der Waals surface area contributed by atoms with E-state index in [1.54, 1.807) is 22.7 Å². The van der Waals surface area contributed by atoms with Crippen molar-refractivity contribution >= 4 is 48.8 Å². The third kappa shape index (κ3) is 5.00. The van der Waals surface area contributed by atoms with Gasteiger partial charge in [-0.25, -0.2) is 9.97 Å². The number of rotatable bonds is 8. The molecule has 0 saturated heterocycles. The minimum Gasteiger partial charge on any atom is -0.361 e. The number of nitrogens with zero attached hydrogens (tertiary/aromatic N) is 2. The molecular formula is C30H24N4S2. The molecule has 2 N–H and O–H groups in total. The van der Waals surface area contributed by atoms with Gasteiger partial charge in [0, 0.05) is 17.8 Å². The summed E-state index contributed by atoms with van der Waals surface area (Å²) in [5, 5.41) is 8.83. The van der Waals surface area contributed by atoms with Gasteiger partial charge in [0.1, 0.15) is 0 Å². The van der Waals surface area contributed by atoms with E-state index in [2.05, 4.69) is 107 Å². The number of anilines is 3. The Balaban J connectivity index is 1.14. The Morgan fingerprint density at radius 1 is 0.611 bits per heavy atom. The van der Waals surface area contributed by atoms with Crippen molar-refractivity contribution in [3.63, 3.8) is 0 Å². The molecule has 0 aliphatic heterocycles. The first-order valence-corrected chi connectivity index (χ1v) is 13.5. The Bertz CT molecular complexity index is 1480. The van der Waals surface area contributed by atoms with Crippen molar-refractivity contribution in [2.24, 2.45) is 0 Å². The number of nitrogens with one attached hydrogen (secondary N) is 2. The maximum absolute atomic E-state index is 4.97. The Labute approximate surface area is 218 Å². The Morgan fingerprint density at radius 3 is 2.06 bits per heavy atom. The van der Waals surface area contributed by atoms with E-state index in [9.17, 15) is 0 Å². The van der Waals surface area contributed by atoms with Crippen LogP contribution in [0, 0.1) is 0 Å². The van der Waals surface area contributed by atoms with Gasteiger partial charge in [-0.2, -0.15) is 0 Å². The Kier molecular flexibility index (Phi) is 6.44. The summed E-state index contributed by atoms with van der Waals surface area (Å²) >= 11 is 3.38. The number of para-hydroxylation sites is 1. The molecule has 6 aromatic rings. The largest absolute Gasteiger partial charge is 0.361 e. The van der Waals surface area contributed by atoms with E-state index in [-0.39, 0.29) is 0 Å². The van der Waals surface area contributed by atoms with Crippen molar-refractivity contribution in [2.75, 3.05) is 17.2 Å². The summed E-state index contributed by atoms with van der Waals surface area (Å²) in [5.41, 5.74) is 6.67. The van der Waals surface area contributed by atoms with Crippen LogP contribution >= 0.6 is 22.7 Å². The molecule has 0 saturated carbocycles. The molecule has 176 valence electrons. The third-order valence-corrected chi connectivity index (χ3v) is 7.91. The van der Waals surface area contributed by atoms with Crippen LogP contribution in [0.2, 0.25) is 0 Å². The number of thiazole rings is 2. The van der Waals surface area contributed by atoms with E-state index in [0.29, 0.717) is 0 Å². The zero-order chi connectivity index (χ0) is 24.2. The summed E-state index contributed by atoms with van der Waals surface area (Å²) in [6.45, 7) is 0.847. The maximum atomic E-state index is 4.97. The van der Waals surface area contributed by atoms with Gasteiger partial charge in [0.25, 0.3) is 0 Å². The van der Waals surface area contributed by atoms with Crippen LogP contribution in [0.5, 0.6) is 0 Å². The molecule has 0 spiro atoms. The first kappa shape index (κ1) is 22.5. The molecule has 2 heterocycles. The molecule has 6 rings (SSSR count). The van der Waals surface area contributed by atoms with Gasteiger partial charge in [0.2, 0.25) is 0 Å². The van der Waals surface area contributed by atoms with E-state index < -0.39 is 0 Å². The van der Waals surface area contributed by atoms with Crippen LogP contribution in [0.4, 0.5) is 16.0 Å². The number of fused-ring (bicyclic) bond motifs is 1. The summed E-state index contributed by atoms with van der Waals surface area (Å²) in [6, 6.07) is 37.7. The van der Waals surface area contributed by atoms with Crippen LogP contribution in [0.1, 0.15) is 5.56 Å². The van der Waals surface area contributed by atoms with Gasteiger partial charge in [-0.1, -0.05) is 108 Å². The number of aromatic nitrogens is 2. The molecule has 4 nitrogen and oxygen atoms in total. The van der Waals surface area contributed by atoms with E-state index in [0.717, 1.165) is 45.7 Å². The minimum atomic E-state index is 0.847. The van der Waals surface area contributed by atoms with Crippen molar-refractivity contribution < 1.29 is 0 Å². The van der Waals surface area contributed by atoms with Crippen LogP contribution in [0.15, 0.2) is 109 Å². The van der Waals surface area contributed by atoms with Crippen LogP contribution in [-0.4, -0.2) is 16.5 Å². The molecule has 0 amide bonds. The maximum Gasteiger partial charge on any atom is 0.188 e. The van der Waals surface area contributed by atoms with E-state index in [1.165, 1.54) is 20.7 Å². The highest BCUT2D eigenvalue weighted by Crippen LogP contribution is 2.39. The molecule has 0 unspecified atom stereocenters. The van der Waals surface area contributed by atoms with Crippen molar-refractivity contribution in [3.8, 4) is 21.7 Å². The van der Waals surface area contributed by atoms with Crippen LogP contribution in [0.25, 0.3) is 31.9 Å². The second kappa shape index (κ2) is 10.3. The first-order chi connectivity index (χ1) is 17.8. The van der Waals surface area contributed by atoms with Gasteiger partial charge in [-0.15, -0.1) is 0 Å². The van der Waals surface area contributed by atoms with Crippen LogP contribution < -0.4 is 10.6 Å². The fraction of sp³-hybridized carbons (Fsp3) is 0.0667. The lowest BCUT2D eigenvalue weighted by Crippen LogP contribution is -2.04. The molecule has 0 aliphatic rings. The third-order valence-electron chi connectivity index (χ3n) is 5.90. The summed E-state index contributed by atoms with van der Waals surface area (Å²) in [4.78, 5) is 10.8.